The molecule has 0 aliphatic rings. The van der Waals surface area contributed by atoms with Gasteiger partial charge in [-0.3, -0.25) is 0 Å². The molecular formula is C16H20N2S. The lowest BCUT2D eigenvalue weighted by Crippen LogP contribution is -2.05. The van der Waals surface area contributed by atoms with E-state index in [9.17, 15) is 0 Å². The summed E-state index contributed by atoms with van der Waals surface area (Å²) in [6, 6.07) is 8.38. The summed E-state index contributed by atoms with van der Waals surface area (Å²) in [7, 11) is 0. The molecule has 1 aromatic carbocycles. The Morgan fingerprint density at radius 3 is 2.47 bits per heavy atom. The lowest BCUT2D eigenvalue weighted by atomic mass is 10.0. The molecule has 0 amide bonds. The van der Waals surface area contributed by atoms with Crippen molar-refractivity contribution in [3.05, 3.63) is 57.1 Å². The lowest BCUT2D eigenvalue weighted by Gasteiger charge is -2.12. The van der Waals surface area contributed by atoms with Crippen molar-refractivity contribution in [3.8, 4) is 0 Å². The highest BCUT2D eigenvalue weighted by atomic mass is 32.1. The molecule has 19 heavy (non-hydrogen) atoms. The minimum absolute atomic E-state index is 0.406. The van der Waals surface area contributed by atoms with Crippen molar-refractivity contribution < 1.29 is 0 Å². The summed E-state index contributed by atoms with van der Waals surface area (Å²) in [4.78, 5) is 7.95. The van der Waals surface area contributed by atoms with Crippen molar-refractivity contribution >= 4 is 12.2 Å². The molecule has 0 unspecified atom stereocenters. The van der Waals surface area contributed by atoms with Crippen LogP contribution in [-0.4, -0.2) is 9.97 Å². The second kappa shape index (κ2) is 5.66. The van der Waals surface area contributed by atoms with Crippen LogP contribution in [0, 0.1) is 18.5 Å². The van der Waals surface area contributed by atoms with Crippen LogP contribution in [0.3, 0.4) is 0 Å². The van der Waals surface area contributed by atoms with E-state index in [0.29, 0.717) is 5.92 Å². The number of aromatic nitrogens is 2. The molecule has 3 heteroatoms. The fourth-order valence-corrected chi connectivity index (χ4v) is 2.91. The predicted octanol–water partition coefficient (Wildman–Crippen LogP) is 4.47. The Balaban J connectivity index is 2.38. The highest BCUT2D eigenvalue weighted by Crippen LogP contribution is 2.19. The van der Waals surface area contributed by atoms with E-state index in [2.05, 4.69) is 61.9 Å². The molecule has 2 nitrogen and oxygen atoms in total. The van der Waals surface area contributed by atoms with E-state index in [1.807, 2.05) is 0 Å². The molecule has 0 atom stereocenters. The van der Waals surface area contributed by atoms with Gasteiger partial charge in [-0.05, 0) is 30.9 Å². The number of nitrogens with zero attached hydrogens (tertiary/aromatic N) is 1. The topological polar surface area (TPSA) is 28.7 Å². The zero-order valence-corrected chi connectivity index (χ0v) is 12.8. The van der Waals surface area contributed by atoms with Crippen molar-refractivity contribution in [3.63, 3.8) is 0 Å². The van der Waals surface area contributed by atoms with E-state index in [4.69, 9.17) is 12.2 Å². The molecule has 1 aromatic heterocycles. The van der Waals surface area contributed by atoms with Crippen molar-refractivity contribution in [2.75, 3.05) is 0 Å². The third-order valence-corrected chi connectivity index (χ3v) is 3.71. The second-order valence-corrected chi connectivity index (χ2v) is 5.67. The average molecular weight is 272 g/mol. The van der Waals surface area contributed by atoms with Gasteiger partial charge in [0.15, 0.2) is 0 Å². The van der Waals surface area contributed by atoms with Crippen molar-refractivity contribution in [2.45, 2.75) is 40.0 Å². The average Bonchev–Trinajstić information content (AvgIpc) is 2.30. The predicted molar refractivity (Wildman–Crippen MR) is 82.2 cm³/mol. The van der Waals surface area contributed by atoms with Crippen LogP contribution in [0.2, 0.25) is 0 Å². The fourth-order valence-electron chi connectivity index (χ4n) is 2.41. The third-order valence-electron chi connectivity index (χ3n) is 3.40. The van der Waals surface area contributed by atoms with Gasteiger partial charge in [0, 0.05) is 17.7 Å². The Bertz CT molecular complexity index is 641. The van der Waals surface area contributed by atoms with E-state index in [0.717, 1.165) is 28.1 Å². The van der Waals surface area contributed by atoms with Gasteiger partial charge in [-0.15, -0.1) is 0 Å². The standard InChI is InChI=1S/C16H20N2S/c1-10(2)15-12(4)17-14(18-16(15)19)9-13-8-6-5-7-11(13)3/h5-8,10H,9H2,1-4H3,(H,17,18,19). The van der Waals surface area contributed by atoms with Crippen LogP contribution >= 0.6 is 12.2 Å². The summed E-state index contributed by atoms with van der Waals surface area (Å²) in [6.45, 7) is 8.50. The largest absolute Gasteiger partial charge is 0.347 e. The minimum Gasteiger partial charge on any atom is -0.347 e. The normalized spacial score (nSPS) is 11.0. The first-order valence-electron chi connectivity index (χ1n) is 6.63. The zero-order valence-electron chi connectivity index (χ0n) is 11.9. The fraction of sp³-hybridized carbons (Fsp3) is 0.375. The van der Waals surface area contributed by atoms with Crippen molar-refractivity contribution in [1.82, 2.24) is 9.97 Å². The minimum atomic E-state index is 0.406. The quantitative estimate of drug-likeness (QED) is 0.835. The number of nitrogens with one attached hydrogen (secondary N) is 1. The van der Waals surface area contributed by atoms with E-state index in [1.165, 1.54) is 11.1 Å². The molecule has 0 aliphatic carbocycles. The first-order valence-corrected chi connectivity index (χ1v) is 7.04. The Labute approximate surface area is 119 Å². The summed E-state index contributed by atoms with van der Waals surface area (Å²) < 4.78 is 0.731. The number of benzene rings is 1. The SMILES string of the molecule is Cc1ccccc1Cc1nc(=S)c(C(C)C)c(C)[nH]1. The van der Waals surface area contributed by atoms with E-state index >= 15 is 0 Å². The molecule has 0 aliphatic heterocycles. The molecule has 0 bridgehead atoms. The van der Waals surface area contributed by atoms with Gasteiger partial charge in [-0.2, -0.15) is 0 Å². The van der Waals surface area contributed by atoms with Gasteiger partial charge < -0.3 is 4.98 Å². The summed E-state index contributed by atoms with van der Waals surface area (Å²) in [6.07, 6.45) is 0.801. The number of hydrogen-bond donors (Lipinski definition) is 1. The first-order chi connectivity index (χ1) is 8.99. The van der Waals surface area contributed by atoms with Crippen LogP contribution in [-0.2, 0) is 6.42 Å². The van der Waals surface area contributed by atoms with Gasteiger partial charge in [0.05, 0.1) is 0 Å². The molecule has 0 saturated heterocycles. The summed E-state index contributed by atoms with van der Waals surface area (Å²) in [5, 5.41) is 0. The molecule has 2 aromatic rings. The van der Waals surface area contributed by atoms with Crippen LogP contribution in [0.15, 0.2) is 24.3 Å². The Morgan fingerprint density at radius 1 is 1.21 bits per heavy atom. The van der Waals surface area contributed by atoms with E-state index < -0.39 is 0 Å². The number of aromatic amines is 1. The van der Waals surface area contributed by atoms with Crippen LogP contribution < -0.4 is 0 Å². The molecule has 100 valence electrons. The number of rotatable bonds is 3. The highest BCUT2D eigenvalue weighted by Gasteiger charge is 2.09. The molecule has 0 radical (unpaired) electrons. The molecule has 0 spiro atoms. The van der Waals surface area contributed by atoms with Gasteiger partial charge in [-0.25, -0.2) is 4.98 Å². The number of hydrogen-bond acceptors (Lipinski definition) is 2. The van der Waals surface area contributed by atoms with Crippen LogP contribution in [0.25, 0.3) is 0 Å². The molecule has 0 saturated carbocycles. The lowest BCUT2D eigenvalue weighted by molar-refractivity contribution is 0.802. The highest BCUT2D eigenvalue weighted by molar-refractivity contribution is 7.71. The Morgan fingerprint density at radius 2 is 1.89 bits per heavy atom. The third kappa shape index (κ3) is 3.10. The number of H-pyrrole nitrogens is 1. The van der Waals surface area contributed by atoms with Gasteiger partial charge in [0.2, 0.25) is 0 Å². The van der Waals surface area contributed by atoms with Gasteiger partial charge in [0.25, 0.3) is 0 Å². The van der Waals surface area contributed by atoms with Gasteiger partial charge >= 0.3 is 0 Å². The maximum Gasteiger partial charge on any atom is 0.133 e. The van der Waals surface area contributed by atoms with E-state index in [-0.39, 0.29) is 0 Å². The maximum absolute atomic E-state index is 5.42. The summed E-state index contributed by atoms with van der Waals surface area (Å²) >= 11 is 5.42. The smallest absolute Gasteiger partial charge is 0.133 e. The van der Waals surface area contributed by atoms with Crippen molar-refractivity contribution in [2.24, 2.45) is 0 Å². The van der Waals surface area contributed by atoms with Crippen LogP contribution in [0.5, 0.6) is 0 Å². The summed E-state index contributed by atoms with van der Waals surface area (Å²) in [5.41, 5.74) is 4.87. The van der Waals surface area contributed by atoms with Gasteiger partial charge in [0.1, 0.15) is 10.5 Å². The Kier molecular flexibility index (Phi) is 4.15. The van der Waals surface area contributed by atoms with Crippen molar-refractivity contribution in [1.29, 1.82) is 0 Å². The van der Waals surface area contributed by atoms with Gasteiger partial charge in [-0.1, -0.05) is 50.3 Å². The zero-order chi connectivity index (χ0) is 14.0. The number of aryl methyl sites for hydroxylation is 2. The Hall–Kier alpha value is -1.48. The molecular weight excluding hydrogens is 252 g/mol. The molecule has 1 N–H and O–H groups in total. The second-order valence-electron chi connectivity index (χ2n) is 5.29. The van der Waals surface area contributed by atoms with E-state index in [1.54, 1.807) is 0 Å². The summed E-state index contributed by atoms with van der Waals surface area (Å²) in [5.74, 6) is 1.35. The molecule has 2 rings (SSSR count). The van der Waals surface area contributed by atoms with Crippen LogP contribution in [0.4, 0.5) is 0 Å². The van der Waals surface area contributed by atoms with Crippen LogP contribution in [0.1, 0.15) is 48.0 Å². The first kappa shape index (κ1) is 13.9. The maximum atomic E-state index is 5.42. The monoisotopic (exact) mass is 272 g/mol. The molecule has 0 fully saturated rings. The molecule has 1 heterocycles.